The Kier molecular flexibility index (Phi) is 5.94. The van der Waals surface area contributed by atoms with Gasteiger partial charge in [0, 0.05) is 6.54 Å². The number of carbonyl (C=O) groups excluding carboxylic acids is 1. The van der Waals surface area contributed by atoms with E-state index in [0.717, 1.165) is 0 Å². The van der Waals surface area contributed by atoms with Crippen LogP contribution in [0.2, 0.25) is 0 Å². The van der Waals surface area contributed by atoms with Gasteiger partial charge in [-0.3, -0.25) is 4.79 Å². The molecule has 0 fully saturated rings. The maximum atomic E-state index is 11.1. The molecule has 0 aliphatic carbocycles. The van der Waals surface area contributed by atoms with Crippen molar-refractivity contribution >= 4 is 16.4 Å². The number of rotatable bonds is 6. The van der Waals surface area contributed by atoms with Gasteiger partial charge in [0.1, 0.15) is 6.61 Å². The number of hydrogen-bond donors (Lipinski definition) is 0. The lowest BCUT2D eigenvalue weighted by molar-refractivity contribution is -0.757. The maximum absolute atomic E-state index is 11.1. The highest BCUT2D eigenvalue weighted by Crippen LogP contribution is 1.95. The minimum atomic E-state index is -2.73. The highest BCUT2D eigenvalue weighted by Gasteiger charge is 2.11. The van der Waals surface area contributed by atoms with Crippen molar-refractivity contribution in [3.05, 3.63) is 10.1 Å². The van der Waals surface area contributed by atoms with Gasteiger partial charge in [0.15, 0.2) is 0 Å². The summed E-state index contributed by atoms with van der Waals surface area (Å²) >= 11 is 0. The van der Waals surface area contributed by atoms with Crippen molar-refractivity contribution in [1.29, 1.82) is 0 Å². The zero-order valence-corrected chi connectivity index (χ0v) is 8.64. The average molecular weight is 239 g/mol. The van der Waals surface area contributed by atoms with Crippen LogP contribution >= 0.6 is 0 Å². The van der Waals surface area contributed by atoms with E-state index in [0.29, 0.717) is 5.01 Å². The molecule has 0 bridgehead atoms. The minimum Gasteiger partial charge on any atom is -0.313 e. The molecule has 0 heterocycles. The first-order chi connectivity index (χ1) is 6.97. The Labute approximate surface area is 86.4 Å². The molecule has 1 amide bonds. The predicted molar refractivity (Wildman–Crippen MR) is 46.3 cm³/mol. The van der Waals surface area contributed by atoms with E-state index in [9.17, 15) is 23.3 Å². The predicted octanol–water partition coefficient (Wildman–Crippen LogP) is -0.589. The van der Waals surface area contributed by atoms with Gasteiger partial charge in [-0.25, -0.2) is 5.01 Å². The average Bonchev–Trinajstić information content (AvgIpc) is 2.13. The number of carbonyl (C=O) groups is 1. The second-order valence-electron chi connectivity index (χ2n) is 2.22. The molecule has 0 N–H and O–H groups in total. The molecule has 15 heavy (non-hydrogen) atoms. The molecule has 0 aromatic rings. The number of hydrogen-bond acceptors (Lipinski definition) is 7. The van der Waals surface area contributed by atoms with Crippen LogP contribution in [0.15, 0.2) is 4.47 Å². The summed E-state index contributed by atoms with van der Waals surface area (Å²) in [6.07, 6.45) is -0.310. The van der Waals surface area contributed by atoms with Crippen molar-refractivity contribution in [2.45, 2.75) is 13.3 Å². The van der Waals surface area contributed by atoms with Gasteiger partial charge >= 0.3 is 10.5 Å². The van der Waals surface area contributed by atoms with E-state index in [1.165, 1.54) is 6.92 Å². The first kappa shape index (κ1) is 13.3. The monoisotopic (exact) mass is 239 g/mol. The summed E-state index contributed by atoms with van der Waals surface area (Å²) in [6.45, 7) is 1.15. The fourth-order valence-electron chi connectivity index (χ4n) is 0.697. The summed E-state index contributed by atoms with van der Waals surface area (Å²) in [4.78, 5) is 24.8. The summed E-state index contributed by atoms with van der Waals surface area (Å²) in [5, 5.41) is 9.39. The molecule has 9 nitrogen and oxygen atoms in total. The van der Waals surface area contributed by atoms with Gasteiger partial charge in [-0.2, -0.15) is 8.42 Å². The van der Waals surface area contributed by atoms with E-state index in [-0.39, 0.29) is 13.0 Å². The van der Waals surface area contributed by atoms with Crippen molar-refractivity contribution in [3.63, 3.8) is 0 Å². The Bertz CT molecular complexity index is 355. The van der Waals surface area contributed by atoms with Crippen molar-refractivity contribution in [2.24, 2.45) is 4.47 Å². The van der Waals surface area contributed by atoms with Crippen LogP contribution in [-0.2, 0) is 20.1 Å². The second kappa shape index (κ2) is 6.70. The summed E-state index contributed by atoms with van der Waals surface area (Å²) in [5.41, 5.74) is 0. The Balaban J connectivity index is 4.17. The lowest BCUT2D eigenvalue weighted by atomic mass is 10.4. The Hall–Kier alpha value is -1.71. The summed E-state index contributed by atoms with van der Waals surface area (Å²) in [7, 11) is -2.73. The smallest absolute Gasteiger partial charge is 0.313 e. The van der Waals surface area contributed by atoms with Gasteiger partial charge in [0.05, 0.1) is 6.42 Å². The van der Waals surface area contributed by atoms with E-state index in [1.807, 2.05) is 0 Å². The zero-order chi connectivity index (χ0) is 11.8. The number of nitrogens with zero attached hydrogens (tertiary/aromatic N) is 3. The van der Waals surface area contributed by atoms with Gasteiger partial charge < -0.3 is 4.84 Å². The molecule has 10 heteroatoms. The molecule has 0 saturated heterocycles. The fourth-order valence-corrected chi connectivity index (χ4v) is 1.06. The Morgan fingerprint density at radius 2 is 2.20 bits per heavy atom. The molecule has 0 radical (unpaired) electrons. The molecule has 86 valence electrons. The Morgan fingerprint density at radius 3 is 2.60 bits per heavy atom. The van der Waals surface area contributed by atoms with Crippen molar-refractivity contribution < 1.29 is 23.1 Å². The van der Waals surface area contributed by atoms with Crippen molar-refractivity contribution in [3.8, 4) is 0 Å². The van der Waals surface area contributed by atoms with E-state index in [1.54, 1.807) is 0 Å². The topological polar surface area (TPSA) is 119 Å². The molecule has 0 aliphatic heterocycles. The minimum absolute atomic E-state index is 0.0608. The van der Waals surface area contributed by atoms with Gasteiger partial charge in [0.2, 0.25) is 5.91 Å². The normalized spacial score (nSPS) is 9.13. The quantitative estimate of drug-likeness (QED) is 0.451. The van der Waals surface area contributed by atoms with Gasteiger partial charge in [-0.15, -0.1) is 10.1 Å². The van der Waals surface area contributed by atoms with Crippen LogP contribution < -0.4 is 0 Å². The third-order valence-corrected chi connectivity index (χ3v) is 1.60. The summed E-state index contributed by atoms with van der Waals surface area (Å²) in [6, 6.07) is 0. The van der Waals surface area contributed by atoms with Crippen LogP contribution in [0.3, 0.4) is 0 Å². The van der Waals surface area contributed by atoms with E-state index in [4.69, 9.17) is 0 Å². The summed E-state index contributed by atoms with van der Waals surface area (Å²) < 4.78 is 23.3. The molecular formula is C5H9N3O6S. The van der Waals surface area contributed by atoms with Crippen LogP contribution in [0, 0.1) is 10.1 Å². The van der Waals surface area contributed by atoms with E-state index < -0.39 is 28.1 Å². The molecule has 0 spiro atoms. The third kappa shape index (κ3) is 6.37. The lowest BCUT2D eigenvalue weighted by Gasteiger charge is -2.10. The molecule has 0 saturated carbocycles. The first-order valence-electron chi connectivity index (χ1n) is 3.86. The highest BCUT2D eigenvalue weighted by atomic mass is 32.2. The maximum Gasteiger partial charge on any atom is 0.333 e. The SMILES string of the molecule is CCN(N=S(=O)=O)C(=O)CCO[N+](=O)[O-]. The standard InChI is InChI=1S/C5H9N3O6S/c1-2-7(6-15(12)13)5(9)3-4-14-8(10)11/h2-4H2,1H3. The molecule has 0 atom stereocenters. The van der Waals surface area contributed by atoms with E-state index in [2.05, 4.69) is 9.31 Å². The van der Waals surface area contributed by atoms with Crippen LogP contribution in [0.5, 0.6) is 0 Å². The highest BCUT2D eigenvalue weighted by molar-refractivity contribution is 7.61. The molecule has 0 unspecified atom stereocenters. The third-order valence-electron chi connectivity index (χ3n) is 1.27. The second-order valence-corrected chi connectivity index (χ2v) is 2.81. The molecular weight excluding hydrogens is 230 g/mol. The summed E-state index contributed by atoms with van der Waals surface area (Å²) in [5.74, 6) is -0.663. The Morgan fingerprint density at radius 1 is 1.60 bits per heavy atom. The van der Waals surface area contributed by atoms with Crippen molar-refractivity contribution in [2.75, 3.05) is 13.2 Å². The molecule has 0 rings (SSSR count). The first-order valence-corrected chi connectivity index (χ1v) is 4.89. The van der Waals surface area contributed by atoms with Crippen LogP contribution in [0.25, 0.3) is 0 Å². The molecule has 0 aliphatic rings. The van der Waals surface area contributed by atoms with Crippen LogP contribution in [0.1, 0.15) is 13.3 Å². The van der Waals surface area contributed by atoms with Gasteiger partial charge in [-0.1, -0.05) is 0 Å². The number of amides is 1. The zero-order valence-electron chi connectivity index (χ0n) is 7.82. The van der Waals surface area contributed by atoms with Gasteiger partial charge in [-0.05, 0) is 11.4 Å². The largest absolute Gasteiger partial charge is 0.333 e. The molecule has 0 aromatic carbocycles. The van der Waals surface area contributed by atoms with Crippen LogP contribution in [0.4, 0.5) is 0 Å². The van der Waals surface area contributed by atoms with E-state index >= 15 is 0 Å². The van der Waals surface area contributed by atoms with Crippen molar-refractivity contribution in [1.82, 2.24) is 5.01 Å². The molecule has 0 aromatic heterocycles. The van der Waals surface area contributed by atoms with Crippen LogP contribution in [-0.4, -0.2) is 37.6 Å². The lowest BCUT2D eigenvalue weighted by Crippen LogP contribution is -2.26. The van der Waals surface area contributed by atoms with Gasteiger partial charge in [0.25, 0.3) is 5.09 Å². The fraction of sp³-hybridized carbons (Fsp3) is 0.800.